The first kappa shape index (κ1) is 31.6. The van der Waals surface area contributed by atoms with E-state index in [9.17, 15) is 32.3 Å². The Morgan fingerprint density at radius 1 is 1.09 bits per heavy atom. The highest BCUT2D eigenvalue weighted by molar-refractivity contribution is 6.00. The summed E-state index contributed by atoms with van der Waals surface area (Å²) < 4.78 is 68.7. The number of methoxy groups -OCH3 is 1. The summed E-state index contributed by atoms with van der Waals surface area (Å²) in [7, 11) is 1.36. The molecule has 1 aliphatic rings. The van der Waals surface area contributed by atoms with Crippen molar-refractivity contribution >= 4 is 22.7 Å². The number of nitrogens with one attached hydrogen (secondary N) is 1. The highest BCUT2D eigenvalue weighted by atomic mass is 19.4. The Kier molecular flexibility index (Phi) is 8.61. The minimum Gasteiger partial charge on any atom is -0.494 e. The highest BCUT2D eigenvalue weighted by Gasteiger charge is 2.56. The van der Waals surface area contributed by atoms with E-state index in [1.165, 1.54) is 31.4 Å². The smallest absolute Gasteiger partial charge is 0.424 e. The summed E-state index contributed by atoms with van der Waals surface area (Å²) in [6.45, 7) is 0.306. The summed E-state index contributed by atoms with van der Waals surface area (Å²) in [5.74, 6) is -2.05. The summed E-state index contributed by atoms with van der Waals surface area (Å²) in [6, 6.07) is 10.0. The molecule has 2 aromatic carbocycles. The van der Waals surface area contributed by atoms with Crippen molar-refractivity contribution in [2.75, 3.05) is 20.3 Å². The number of ether oxygens (including phenoxy) is 2. The minimum absolute atomic E-state index is 0.0420. The van der Waals surface area contributed by atoms with Gasteiger partial charge in [-0.05, 0) is 68.3 Å². The molecule has 2 heterocycles. The van der Waals surface area contributed by atoms with Crippen LogP contribution < -0.4 is 20.5 Å². The van der Waals surface area contributed by atoms with Crippen LogP contribution in [-0.2, 0) is 16.8 Å². The van der Waals surface area contributed by atoms with Crippen molar-refractivity contribution in [1.82, 2.24) is 20.5 Å². The number of benzene rings is 2. The van der Waals surface area contributed by atoms with Gasteiger partial charge in [0.1, 0.15) is 28.5 Å². The molecule has 4 aromatic rings. The molecular weight excluding hydrogens is 598 g/mol. The maximum atomic E-state index is 14.7. The third-order valence-electron chi connectivity index (χ3n) is 7.37. The maximum absolute atomic E-state index is 14.7. The number of primary amides is 1. The fourth-order valence-corrected chi connectivity index (χ4v) is 4.88. The van der Waals surface area contributed by atoms with E-state index in [4.69, 9.17) is 15.2 Å². The van der Waals surface area contributed by atoms with Crippen LogP contribution in [0.5, 0.6) is 11.5 Å². The van der Waals surface area contributed by atoms with Crippen LogP contribution in [0, 0.1) is 5.82 Å². The quantitative estimate of drug-likeness (QED) is 0.208. The molecule has 10 nitrogen and oxygen atoms in total. The monoisotopic (exact) mass is 627 g/mol. The van der Waals surface area contributed by atoms with E-state index in [1.807, 2.05) is 0 Å². The Hall–Kier alpha value is -4.85. The number of rotatable bonds is 11. The molecule has 0 bridgehead atoms. The van der Waals surface area contributed by atoms with Crippen LogP contribution in [0.3, 0.4) is 0 Å². The molecule has 1 fully saturated rings. The third-order valence-corrected chi connectivity index (χ3v) is 7.37. The van der Waals surface area contributed by atoms with Crippen LogP contribution in [0.2, 0.25) is 0 Å². The zero-order valence-electron chi connectivity index (χ0n) is 24.2. The molecule has 2 aromatic heterocycles. The number of fused-ring (bicyclic) bond motifs is 1. The number of nitrogens with two attached hydrogens (primary N) is 1. The molecule has 0 saturated heterocycles. The highest BCUT2D eigenvalue weighted by Crippen LogP contribution is 2.42. The summed E-state index contributed by atoms with van der Waals surface area (Å²) in [4.78, 5) is 29.2. The number of carbonyl (C=O) groups excluding carboxylic acids is 2. The van der Waals surface area contributed by atoms with Gasteiger partial charge in [-0.15, -0.1) is 5.10 Å². The number of nitrogens with zero attached hydrogens (tertiary/aromatic N) is 3. The van der Waals surface area contributed by atoms with Crippen molar-refractivity contribution in [3.05, 3.63) is 76.9 Å². The molecule has 5 rings (SSSR count). The predicted octanol–water partition coefficient (Wildman–Crippen LogP) is 4.32. The second-order valence-electron chi connectivity index (χ2n) is 10.6. The van der Waals surface area contributed by atoms with Crippen molar-refractivity contribution in [2.24, 2.45) is 5.73 Å². The number of amides is 2. The second kappa shape index (κ2) is 12.3. The molecule has 0 radical (unpaired) electrons. The topological polar surface area (TPSA) is 150 Å². The first-order valence-electron chi connectivity index (χ1n) is 14.0. The van der Waals surface area contributed by atoms with Gasteiger partial charge < -0.3 is 25.6 Å². The third kappa shape index (κ3) is 6.50. The maximum Gasteiger partial charge on any atom is 0.424 e. The van der Waals surface area contributed by atoms with Crippen LogP contribution >= 0.6 is 0 Å². The standard InChI is InChI=1S/C31H29F4N5O5/c1-3-45-28-19(14-25(36)41)13-24(38-27(28)17-6-8-21(32)9-7-17)30(43,31(33,34)35)15-37-29(42)20-10-18-11-22(16-4-5-16)39-40-26(18)23(12-20)44-2/h6-13,16,43H,3-5,14-15H2,1-2H3,(H2,36,41)(H,37,42)/t30-/m0/s1. The lowest BCUT2D eigenvalue weighted by Crippen LogP contribution is -2.51. The predicted molar refractivity (Wildman–Crippen MR) is 154 cm³/mol. The molecule has 0 aliphatic heterocycles. The molecule has 2 amide bonds. The summed E-state index contributed by atoms with van der Waals surface area (Å²) in [5, 5.41) is 22.3. The molecule has 236 valence electrons. The SMILES string of the molecule is CCOc1c(CC(N)=O)cc([C@@](O)(CNC(=O)c2cc(OC)c3nnc(C4CC4)cc3c2)C(F)(F)F)nc1-c1ccc(F)cc1. The zero-order valence-corrected chi connectivity index (χ0v) is 24.2. The van der Waals surface area contributed by atoms with Gasteiger partial charge in [-0.25, -0.2) is 9.37 Å². The molecule has 1 saturated carbocycles. The van der Waals surface area contributed by atoms with Crippen molar-refractivity contribution < 1.29 is 41.7 Å². The molecule has 1 atom stereocenters. The average Bonchev–Trinajstić information content (AvgIpc) is 3.85. The van der Waals surface area contributed by atoms with Gasteiger partial charge in [-0.3, -0.25) is 9.59 Å². The molecular formula is C31H29F4N5O5. The molecule has 0 unspecified atom stereocenters. The molecule has 45 heavy (non-hydrogen) atoms. The first-order chi connectivity index (χ1) is 21.3. The normalized spacial score (nSPS) is 14.6. The lowest BCUT2D eigenvalue weighted by molar-refractivity contribution is -0.265. The van der Waals surface area contributed by atoms with E-state index in [0.717, 1.165) is 36.7 Å². The van der Waals surface area contributed by atoms with Gasteiger partial charge in [0.2, 0.25) is 11.5 Å². The van der Waals surface area contributed by atoms with E-state index in [1.54, 1.807) is 13.0 Å². The Bertz CT molecular complexity index is 1760. The number of hydrogen-bond acceptors (Lipinski definition) is 8. The summed E-state index contributed by atoms with van der Waals surface area (Å²) in [5.41, 5.74) is 1.64. The number of aromatic nitrogens is 3. The van der Waals surface area contributed by atoms with Crippen molar-refractivity contribution in [3.63, 3.8) is 0 Å². The van der Waals surface area contributed by atoms with Crippen LogP contribution in [0.1, 0.15) is 53.0 Å². The minimum atomic E-state index is -5.36. The Labute approximate surface area is 254 Å². The first-order valence-corrected chi connectivity index (χ1v) is 14.0. The Balaban J connectivity index is 1.55. The molecule has 4 N–H and O–H groups in total. The second-order valence-corrected chi connectivity index (χ2v) is 10.6. The molecule has 1 aliphatic carbocycles. The van der Waals surface area contributed by atoms with Gasteiger partial charge in [0.15, 0.2) is 0 Å². The number of halogens is 4. The average molecular weight is 628 g/mol. The van der Waals surface area contributed by atoms with E-state index >= 15 is 0 Å². The van der Waals surface area contributed by atoms with E-state index in [-0.39, 0.29) is 46.4 Å². The van der Waals surface area contributed by atoms with E-state index in [2.05, 4.69) is 20.5 Å². The lowest BCUT2D eigenvalue weighted by Gasteiger charge is -2.31. The van der Waals surface area contributed by atoms with Crippen LogP contribution in [-0.4, -0.2) is 58.5 Å². The zero-order chi connectivity index (χ0) is 32.5. The number of alkyl halides is 3. The van der Waals surface area contributed by atoms with Gasteiger partial charge >= 0.3 is 6.18 Å². The number of carbonyl (C=O) groups is 2. The number of pyridine rings is 1. The van der Waals surface area contributed by atoms with Crippen LogP contribution in [0.4, 0.5) is 17.6 Å². The lowest BCUT2D eigenvalue weighted by atomic mass is 9.93. The van der Waals surface area contributed by atoms with Gasteiger partial charge in [-0.1, -0.05) is 0 Å². The number of hydrogen-bond donors (Lipinski definition) is 3. The van der Waals surface area contributed by atoms with E-state index < -0.39 is 48.1 Å². The van der Waals surface area contributed by atoms with Crippen molar-refractivity contribution in [1.29, 1.82) is 0 Å². The fraction of sp³-hybridized carbons (Fsp3) is 0.323. The van der Waals surface area contributed by atoms with E-state index in [0.29, 0.717) is 10.9 Å². The van der Waals surface area contributed by atoms with Crippen LogP contribution in [0.25, 0.3) is 22.2 Å². The Morgan fingerprint density at radius 2 is 1.80 bits per heavy atom. The summed E-state index contributed by atoms with van der Waals surface area (Å²) >= 11 is 0. The summed E-state index contributed by atoms with van der Waals surface area (Å²) in [6.07, 6.45) is -4.00. The largest absolute Gasteiger partial charge is 0.494 e. The van der Waals surface area contributed by atoms with Gasteiger partial charge in [0.05, 0.1) is 38.1 Å². The van der Waals surface area contributed by atoms with Crippen LogP contribution in [0.15, 0.2) is 48.5 Å². The number of aliphatic hydroxyl groups is 1. The van der Waals surface area contributed by atoms with Gasteiger partial charge in [-0.2, -0.15) is 18.3 Å². The Morgan fingerprint density at radius 3 is 2.40 bits per heavy atom. The van der Waals surface area contributed by atoms with Gasteiger partial charge in [0, 0.05) is 28.0 Å². The van der Waals surface area contributed by atoms with Crippen molar-refractivity contribution in [2.45, 2.75) is 43.9 Å². The van der Waals surface area contributed by atoms with Crippen molar-refractivity contribution in [3.8, 4) is 22.8 Å². The molecule has 14 heteroatoms. The molecule has 0 spiro atoms. The fourth-order valence-electron chi connectivity index (χ4n) is 4.88. The van der Waals surface area contributed by atoms with Gasteiger partial charge in [0.25, 0.3) is 5.91 Å².